The van der Waals surface area contributed by atoms with Crippen LogP contribution in [0.4, 0.5) is 5.82 Å². The molecule has 5 nitrogen and oxygen atoms in total. The van der Waals surface area contributed by atoms with Crippen LogP contribution in [0.15, 0.2) is 48.0 Å². The van der Waals surface area contributed by atoms with Crippen LogP contribution < -0.4 is 4.72 Å². The van der Waals surface area contributed by atoms with E-state index in [1.54, 1.807) is 23.0 Å². The second kappa shape index (κ2) is 6.36. The number of aromatic nitrogens is 2. The molecule has 6 heteroatoms. The number of sulfonamides is 1. The van der Waals surface area contributed by atoms with E-state index in [0.717, 1.165) is 18.4 Å². The minimum absolute atomic E-state index is 0.297. The van der Waals surface area contributed by atoms with E-state index in [9.17, 15) is 8.42 Å². The van der Waals surface area contributed by atoms with Gasteiger partial charge in [-0.25, -0.2) is 13.1 Å². The Hall–Kier alpha value is -2.08. The first kappa shape index (κ1) is 14.8. The molecule has 0 spiro atoms. The SMILES string of the molecule is O=S(=O)(/C=C/c1ccccc1)Nc1ccnn1C1CCCC1. The number of rotatable bonds is 5. The topological polar surface area (TPSA) is 64.0 Å². The summed E-state index contributed by atoms with van der Waals surface area (Å²) in [6, 6.07) is 11.3. The van der Waals surface area contributed by atoms with Gasteiger partial charge in [0.05, 0.1) is 17.6 Å². The minimum Gasteiger partial charge on any atom is -0.264 e. The first-order chi connectivity index (χ1) is 10.6. The third-order valence-corrected chi connectivity index (χ3v) is 4.81. The lowest BCUT2D eigenvalue weighted by molar-refractivity contribution is 0.473. The highest BCUT2D eigenvalue weighted by atomic mass is 32.2. The Labute approximate surface area is 130 Å². The summed E-state index contributed by atoms with van der Waals surface area (Å²) in [6.07, 6.45) is 7.66. The van der Waals surface area contributed by atoms with Crippen molar-refractivity contribution < 1.29 is 8.42 Å². The van der Waals surface area contributed by atoms with Crippen molar-refractivity contribution >= 4 is 21.9 Å². The molecule has 116 valence electrons. The number of anilines is 1. The molecule has 0 unspecified atom stereocenters. The zero-order chi connectivity index (χ0) is 15.4. The van der Waals surface area contributed by atoms with Crippen LogP contribution in [0.25, 0.3) is 6.08 Å². The lowest BCUT2D eigenvalue weighted by Gasteiger charge is -2.14. The molecule has 1 aromatic carbocycles. The van der Waals surface area contributed by atoms with Crippen molar-refractivity contribution in [3.63, 3.8) is 0 Å². The standard InChI is InChI=1S/C16H19N3O2S/c20-22(21,13-11-14-6-2-1-3-7-14)18-16-10-12-17-19(16)15-8-4-5-9-15/h1-3,6-7,10-13,15,18H,4-5,8-9H2/b13-11+. The van der Waals surface area contributed by atoms with E-state index in [4.69, 9.17) is 0 Å². The molecule has 0 saturated heterocycles. The number of nitrogens with one attached hydrogen (secondary N) is 1. The van der Waals surface area contributed by atoms with Crippen LogP contribution in [0.5, 0.6) is 0 Å². The van der Waals surface area contributed by atoms with E-state index in [1.807, 2.05) is 30.3 Å². The van der Waals surface area contributed by atoms with Gasteiger partial charge in [0.15, 0.2) is 0 Å². The molecule has 1 aliphatic carbocycles. The molecule has 2 aromatic rings. The monoisotopic (exact) mass is 317 g/mol. The molecular weight excluding hydrogens is 298 g/mol. The Morgan fingerprint density at radius 1 is 1.14 bits per heavy atom. The largest absolute Gasteiger partial charge is 0.264 e. The van der Waals surface area contributed by atoms with Gasteiger partial charge >= 0.3 is 0 Å². The molecule has 3 rings (SSSR count). The fourth-order valence-corrected chi connectivity index (χ4v) is 3.60. The van der Waals surface area contributed by atoms with E-state index >= 15 is 0 Å². The summed E-state index contributed by atoms with van der Waals surface area (Å²) in [5.74, 6) is 0.532. The van der Waals surface area contributed by atoms with Crippen molar-refractivity contribution in [2.24, 2.45) is 0 Å². The summed E-state index contributed by atoms with van der Waals surface area (Å²) < 4.78 is 28.8. The molecule has 0 atom stereocenters. The molecule has 1 saturated carbocycles. The van der Waals surface area contributed by atoms with Crippen LogP contribution in [0.2, 0.25) is 0 Å². The third-order valence-electron chi connectivity index (χ3n) is 3.83. The number of nitrogens with zero attached hydrogens (tertiary/aromatic N) is 2. The molecule has 1 aliphatic rings. The number of hydrogen-bond acceptors (Lipinski definition) is 3. The maximum atomic E-state index is 12.2. The molecule has 0 aliphatic heterocycles. The minimum atomic E-state index is -3.55. The fourth-order valence-electron chi connectivity index (χ4n) is 2.75. The van der Waals surface area contributed by atoms with Gasteiger partial charge in [0.25, 0.3) is 10.0 Å². The average Bonchev–Trinajstić information content (AvgIpc) is 3.17. The second-order valence-electron chi connectivity index (χ2n) is 5.46. The predicted octanol–water partition coefficient (Wildman–Crippen LogP) is 3.41. The van der Waals surface area contributed by atoms with Gasteiger partial charge in [0.2, 0.25) is 0 Å². The molecule has 0 radical (unpaired) electrons. The van der Waals surface area contributed by atoms with E-state index in [1.165, 1.54) is 18.2 Å². The summed E-state index contributed by atoms with van der Waals surface area (Å²) >= 11 is 0. The first-order valence-corrected chi connectivity index (χ1v) is 8.98. The van der Waals surface area contributed by atoms with Crippen LogP contribution in [-0.4, -0.2) is 18.2 Å². The van der Waals surface area contributed by atoms with Gasteiger partial charge in [-0.05, 0) is 24.5 Å². The predicted molar refractivity (Wildman–Crippen MR) is 87.8 cm³/mol. The Balaban J connectivity index is 1.75. The first-order valence-electron chi connectivity index (χ1n) is 7.43. The molecule has 1 N–H and O–H groups in total. The summed E-state index contributed by atoms with van der Waals surface area (Å²) in [6.45, 7) is 0. The molecule has 0 amide bonds. The normalized spacial score (nSPS) is 16.4. The molecule has 1 aromatic heterocycles. The van der Waals surface area contributed by atoms with Gasteiger partial charge in [-0.15, -0.1) is 0 Å². The van der Waals surface area contributed by atoms with Crippen LogP contribution >= 0.6 is 0 Å². The Kier molecular flexibility index (Phi) is 4.29. The van der Waals surface area contributed by atoms with Crippen LogP contribution in [-0.2, 0) is 10.0 Å². The third kappa shape index (κ3) is 3.57. The highest BCUT2D eigenvalue weighted by Crippen LogP contribution is 2.31. The van der Waals surface area contributed by atoms with Crippen molar-refractivity contribution in [3.05, 3.63) is 53.6 Å². The quantitative estimate of drug-likeness (QED) is 0.919. The number of benzene rings is 1. The van der Waals surface area contributed by atoms with Crippen LogP contribution in [0.1, 0.15) is 37.3 Å². The van der Waals surface area contributed by atoms with Gasteiger partial charge < -0.3 is 0 Å². The van der Waals surface area contributed by atoms with Crippen molar-refractivity contribution in [1.29, 1.82) is 0 Å². The van der Waals surface area contributed by atoms with Crippen molar-refractivity contribution in [2.45, 2.75) is 31.7 Å². The zero-order valence-corrected chi connectivity index (χ0v) is 13.0. The smallest absolute Gasteiger partial charge is 0.256 e. The van der Waals surface area contributed by atoms with Gasteiger partial charge in [-0.2, -0.15) is 5.10 Å². The number of hydrogen-bond donors (Lipinski definition) is 1. The molecule has 22 heavy (non-hydrogen) atoms. The summed E-state index contributed by atoms with van der Waals surface area (Å²) in [5.41, 5.74) is 0.845. The van der Waals surface area contributed by atoms with Gasteiger partial charge in [0, 0.05) is 6.07 Å². The highest BCUT2D eigenvalue weighted by molar-refractivity contribution is 7.95. The Morgan fingerprint density at radius 3 is 2.59 bits per heavy atom. The van der Waals surface area contributed by atoms with Gasteiger partial charge in [-0.1, -0.05) is 43.2 Å². The van der Waals surface area contributed by atoms with E-state index < -0.39 is 10.0 Å². The van der Waals surface area contributed by atoms with Crippen LogP contribution in [0, 0.1) is 0 Å². The summed E-state index contributed by atoms with van der Waals surface area (Å²) in [5, 5.41) is 5.46. The van der Waals surface area contributed by atoms with Gasteiger partial charge in [0.1, 0.15) is 5.82 Å². The Morgan fingerprint density at radius 2 is 1.86 bits per heavy atom. The second-order valence-corrected chi connectivity index (χ2v) is 7.03. The average molecular weight is 317 g/mol. The Bertz CT molecular complexity index is 745. The summed E-state index contributed by atoms with van der Waals surface area (Å²) in [7, 11) is -3.55. The lowest BCUT2D eigenvalue weighted by Crippen LogP contribution is -2.16. The highest BCUT2D eigenvalue weighted by Gasteiger charge is 2.21. The summed E-state index contributed by atoms with van der Waals surface area (Å²) in [4.78, 5) is 0. The molecule has 1 heterocycles. The molecule has 0 bridgehead atoms. The maximum absolute atomic E-state index is 12.2. The van der Waals surface area contributed by atoms with E-state index in [2.05, 4.69) is 9.82 Å². The van der Waals surface area contributed by atoms with Gasteiger partial charge in [-0.3, -0.25) is 4.72 Å². The maximum Gasteiger partial charge on any atom is 0.256 e. The van der Waals surface area contributed by atoms with Crippen molar-refractivity contribution in [3.8, 4) is 0 Å². The zero-order valence-electron chi connectivity index (χ0n) is 12.2. The molecular formula is C16H19N3O2S. The fraction of sp³-hybridized carbons (Fsp3) is 0.312. The van der Waals surface area contributed by atoms with Crippen molar-refractivity contribution in [2.75, 3.05) is 4.72 Å². The van der Waals surface area contributed by atoms with E-state index in [-0.39, 0.29) is 0 Å². The lowest BCUT2D eigenvalue weighted by atomic mass is 10.2. The van der Waals surface area contributed by atoms with Crippen LogP contribution in [0.3, 0.4) is 0 Å². The van der Waals surface area contributed by atoms with E-state index in [0.29, 0.717) is 11.9 Å². The molecule has 1 fully saturated rings. The van der Waals surface area contributed by atoms with Crippen molar-refractivity contribution in [1.82, 2.24) is 9.78 Å².